The fourth-order valence-electron chi connectivity index (χ4n) is 1.89. The molecule has 2 rings (SSSR count). The number of nitrogens with two attached hydrogens (primary N) is 1. The predicted octanol–water partition coefficient (Wildman–Crippen LogP) is 3.73. The van der Waals surface area contributed by atoms with Crippen molar-refractivity contribution < 1.29 is 22.4 Å². The molecule has 2 aromatic carbocycles. The number of hydrogen-bond donors (Lipinski definition) is 1. The van der Waals surface area contributed by atoms with Gasteiger partial charge in [0, 0.05) is 5.56 Å². The summed E-state index contributed by atoms with van der Waals surface area (Å²) in [5.74, 6) is -2.13. The van der Waals surface area contributed by atoms with Crippen molar-refractivity contribution in [1.82, 2.24) is 0 Å². The molecule has 0 saturated carbocycles. The lowest BCUT2D eigenvalue weighted by atomic mass is 9.97. The monoisotopic (exact) mass is 297 g/mol. The maximum absolute atomic E-state index is 13.2. The van der Waals surface area contributed by atoms with Gasteiger partial charge < -0.3 is 5.73 Å². The van der Waals surface area contributed by atoms with E-state index in [4.69, 9.17) is 5.73 Å². The van der Waals surface area contributed by atoms with E-state index < -0.39 is 29.4 Å². The second-order valence-corrected chi connectivity index (χ2v) is 4.44. The third-order valence-electron chi connectivity index (χ3n) is 3.00. The highest BCUT2D eigenvalue weighted by atomic mass is 19.4. The Labute approximate surface area is 118 Å². The van der Waals surface area contributed by atoms with Gasteiger partial charge >= 0.3 is 6.18 Å². The second-order valence-electron chi connectivity index (χ2n) is 4.44. The van der Waals surface area contributed by atoms with Gasteiger partial charge in [0.1, 0.15) is 5.82 Å². The van der Waals surface area contributed by atoms with E-state index in [-0.39, 0.29) is 5.56 Å². The Balaban J connectivity index is 2.36. The average Bonchev–Trinajstić information content (AvgIpc) is 2.46. The van der Waals surface area contributed by atoms with E-state index >= 15 is 0 Å². The number of Topliss-reactive ketones (excluding diaryl/α,β-unsaturated/α-hetero) is 1. The molecule has 0 radical (unpaired) electrons. The van der Waals surface area contributed by atoms with Gasteiger partial charge in [-0.1, -0.05) is 30.3 Å². The quantitative estimate of drug-likeness (QED) is 0.693. The molecule has 0 saturated heterocycles. The minimum atomic E-state index is -4.86. The number of hydrogen-bond acceptors (Lipinski definition) is 2. The number of rotatable bonds is 3. The van der Waals surface area contributed by atoms with Crippen molar-refractivity contribution >= 4 is 5.78 Å². The Morgan fingerprint density at radius 1 is 1.05 bits per heavy atom. The van der Waals surface area contributed by atoms with E-state index in [0.717, 1.165) is 6.07 Å². The highest BCUT2D eigenvalue weighted by molar-refractivity contribution is 6.00. The Hall–Kier alpha value is -2.21. The fraction of sp³-hybridized carbons (Fsp3) is 0.133. The number of alkyl halides is 3. The first-order chi connectivity index (χ1) is 9.80. The standard InChI is InChI=1S/C15H11F4NO/c16-12-7-6-10(8-11(12)15(17,18)19)14(21)13(20)9-4-2-1-3-5-9/h1-8,13H,20H2/t13-/m1/s1. The van der Waals surface area contributed by atoms with Gasteiger partial charge in [-0.3, -0.25) is 4.79 Å². The minimum Gasteiger partial charge on any atom is -0.318 e. The van der Waals surface area contributed by atoms with E-state index in [9.17, 15) is 22.4 Å². The molecular weight excluding hydrogens is 286 g/mol. The number of ketones is 1. The molecule has 0 aliphatic rings. The Morgan fingerprint density at radius 2 is 1.67 bits per heavy atom. The molecule has 0 unspecified atom stereocenters. The first-order valence-corrected chi connectivity index (χ1v) is 6.02. The van der Waals surface area contributed by atoms with Crippen LogP contribution in [0.1, 0.15) is 27.5 Å². The number of halogens is 4. The second kappa shape index (κ2) is 5.65. The zero-order valence-corrected chi connectivity index (χ0v) is 10.7. The maximum atomic E-state index is 13.2. The van der Waals surface area contributed by atoms with Gasteiger partial charge in [0.25, 0.3) is 0 Å². The number of benzene rings is 2. The third kappa shape index (κ3) is 3.28. The van der Waals surface area contributed by atoms with Gasteiger partial charge in [-0.2, -0.15) is 13.2 Å². The summed E-state index contributed by atoms with van der Waals surface area (Å²) in [5, 5.41) is 0. The SMILES string of the molecule is N[C@@H](C(=O)c1ccc(F)c(C(F)(F)F)c1)c1ccccc1. The van der Waals surface area contributed by atoms with Crippen LogP contribution in [0.2, 0.25) is 0 Å². The van der Waals surface area contributed by atoms with Crippen molar-refractivity contribution in [2.24, 2.45) is 5.73 Å². The smallest absolute Gasteiger partial charge is 0.318 e. The molecule has 110 valence electrons. The summed E-state index contributed by atoms with van der Waals surface area (Å²) in [6.07, 6.45) is -4.86. The van der Waals surface area contributed by atoms with Crippen LogP contribution in [0.4, 0.5) is 17.6 Å². The number of carbonyl (C=O) groups is 1. The van der Waals surface area contributed by atoms with Crippen molar-refractivity contribution in [3.05, 3.63) is 71.0 Å². The lowest BCUT2D eigenvalue weighted by Gasteiger charge is -2.13. The van der Waals surface area contributed by atoms with Crippen LogP contribution in [0.3, 0.4) is 0 Å². The van der Waals surface area contributed by atoms with Gasteiger partial charge in [0.05, 0.1) is 11.6 Å². The zero-order chi connectivity index (χ0) is 15.6. The molecule has 1 atom stereocenters. The minimum absolute atomic E-state index is 0.278. The van der Waals surface area contributed by atoms with Crippen LogP contribution in [0.15, 0.2) is 48.5 Å². The third-order valence-corrected chi connectivity index (χ3v) is 3.00. The topological polar surface area (TPSA) is 43.1 Å². The highest BCUT2D eigenvalue weighted by Gasteiger charge is 2.35. The van der Waals surface area contributed by atoms with Crippen LogP contribution >= 0.6 is 0 Å². The summed E-state index contributed by atoms with van der Waals surface area (Å²) in [7, 11) is 0. The van der Waals surface area contributed by atoms with Crippen molar-refractivity contribution in [3.8, 4) is 0 Å². The zero-order valence-electron chi connectivity index (χ0n) is 10.7. The van der Waals surface area contributed by atoms with Crippen LogP contribution in [-0.4, -0.2) is 5.78 Å². The van der Waals surface area contributed by atoms with Gasteiger partial charge in [-0.25, -0.2) is 4.39 Å². The van der Waals surface area contributed by atoms with Crippen LogP contribution in [0, 0.1) is 5.82 Å². The maximum Gasteiger partial charge on any atom is 0.419 e. The van der Waals surface area contributed by atoms with Gasteiger partial charge in [-0.15, -0.1) is 0 Å². The lowest BCUT2D eigenvalue weighted by Crippen LogP contribution is -2.22. The van der Waals surface area contributed by atoms with E-state index in [1.807, 2.05) is 0 Å². The molecule has 0 heterocycles. The van der Waals surface area contributed by atoms with Crippen molar-refractivity contribution in [1.29, 1.82) is 0 Å². The molecule has 0 aliphatic heterocycles. The molecule has 0 spiro atoms. The first kappa shape index (κ1) is 15.2. The van der Waals surface area contributed by atoms with E-state index in [1.165, 1.54) is 0 Å². The van der Waals surface area contributed by atoms with Crippen molar-refractivity contribution in [2.45, 2.75) is 12.2 Å². The molecule has 0 bridgehead atoms. The molecule has 0 fully saturated rings. The van der Waals surface area contributed by atoms with Crippen molar-refractivity contribution in [2.75, 3.05) is 0 Å². The molecule has 0 aromatic heterocycles. The summed E-state index contributed by atoms with van der Waals surface area (Å²) in [6.45, 7) is 0. The molecule has 2 nitrogen and oxygen atoms in total. The van der Waals surface area contributed by atoms with Crippen LogP contribution in [0.5, 0.6) is 0 Å². The summed E-state index contributed by atoms with van der Waals surface area (Å²) in [6, 6.07) is 9.23. The fourth-order valence-corrected chi connectivity index (χ4v) is 1.89. The average molecular weight is 297 g/mol. The van der Waals surface area contributed by atoms with Crippen LogP contribution in [0.25, 0.3) is 0 Å². The summed E-state index contributed by atoms with van der Waals surface area (Å²) in [5.41, 5.74) is 4.46. The molecular formula is C15H11F4NO. The van der Waals surface area contributed by atoms with E-state index in [0.29, 0.717) is 17.7 Å². The van der Waals surface area contributed by atoms with E-state index in [2.05, 4.69) is 0 Å². The molecule has 21 heavy (non-hydrogen) atoms. The Kier molecular flexibility index (Phi) is 4.09. The molecule has 2 N–H and O–H groups in total. The first-order valence-electron chi connectivity index (χ1n) is 6.02. The lowest BCUT2D eigenvalue weighted by molar-refractivity contribution is -0.140. The van der Waals surface area contributed by atoms with Gasteiger partial charge in [0.2, 0.25) is 0 Å². The predicted molar refractivity (Wildman–Crippen MR) is 69.1 cm³/mol. The molecule has 0 aliphatic carbocycles. The Morgan fingerprint density at radius 3 is 2.24 bits per heavy atom. The summed E-state index contributed by atoms with van der Waals surface area (Å²) < 4.78 is 51.1. The van der Waals surface area contributed by atoms with Gasteiger partial charge in [0.15, 0.2) is 5.78 Å². The molecule has 6 heteroatoms. The van der Waals surface area contributed by atoms with E-state index in [1.54, 1.807) is 30.3 Å². The molecule has 2 aromatic rings. The van der Waals surface area contributed by atoms with Crippen molar-refractivity contribution in [3.63, 3.8) is 0 Å². The highest BCUT2D eigenvalue weighted by Crippen LogP contribution is 2.32. The van der Waals surface area contributed by atoms with Gasteiger partial charge in [-0.05, 0) is 23.8 Å². The van der Waals surface area contributed by atoms with Crippen LogP contribution < -0.4 is 5.73 Å². The number of carbonyl (C=O) groups excluding carboxylic acids is 1. The van der Waals surface area contributed by atoms with Crippen LogP contribution in [-0.2, 0) is 6.18 Å². The summed E-state index contributed by atoms with van der Waals surface area (Å²) >= 11 is 0. The summed E-state index contributed by atoms with van der Waals surface area (Å²) in [4.78, 5) is 12.1. The Bertz CT molecular complexity index is 652. The molecule has 0 amide bonds. The normalized spacial score (nSPS) is 13.0. The largest absolute Gasteiger partial charge is 0.419 e.